The number of rotatable bonds is 7. The van der Waals surface area contributed by atoms with Crippen molar-refractivity contribution in [1.29, 1.82) is 0 Å². The molecule has 0 spiro atoms. The van der Waals surface area contributed by atoms with E-state index >= 15 is 0 Å². The van der Waals surface area contributed by atoms with Crippen LogP contribution in [0.3, 0.4) is 0 Å². The average Bonchev–Trinajstić information content (AvgIpc) is 3.24. The molecule has 1 saturated heterocycles. The van der Waals surface area contributed by atoms with Gasteiger partial charge in [-0.25, -0.2) is 0 Å². The summed E-state index contributed by atoms with van der Waals surface area (Å²) in [4.78, 5) is 18.2. The maximum absolute atomic E-state index is 14.6. The van der Waals surface area contributed by atoms with E-state index in [1.165, 1.54) is 31.0 Å². The van der Waals surface area contributed by atoms with Crippen LogP contribution in [0.25, 0.3) is 5.52 Å². The number of nitrogens with one attached hydrogen (secondary N) is 3. The molecule has 0 saturated carbocycles. The number of benzene rings is 1. The van der Waals surface area contributed by atoms with Crippen LogP contribution in [0, 0.1) is 11.8 Å². The van der Waals surface area contributed by atoms with E-state index in [-0.39, 0.29) is 29.2 Å². The molecule has 1 fully saturated rings. The molecule has 1 aliphatic rings. The summed E-state index contributed by atoms with van der Waals surface area (Å²) in [6, 6.07) is 5.92. The molecule has 3 aromatic rings. The van der Waals surface area contributed by atoms with E-state index in [0.29, 0.717) is 41.3 Å². The van der Waals surface area contributed by atoms with Gasteiger partial charge >= 0.3 is 230 Å². The van der Waals surface area contributed by atoms with Crippen molar-refractivity contribution in [3.63, 3.8) is 0 Å². The fourth-order valence-electron chi connectivity index (χ4n) is 4.30. The van der Waals surface area contributed by atoms with Crippen molar-refractivity contribution in [3.8, 4) is 17.6 Å². The first-order valence-electron chi connectivity index (χ1n) is 12.1. The van der Waals surface area contributed by atoms with Gasteiger partial charge in [-0.15, -0.1) is 0 Å². The topological polar surface area (TPSA) is 82.9 Å². The number of aromatic nitrogens is 2. The Morgan fingerprint density at radius 3 is 2.79 bits per heavy atom. The Hall–Kier alpha value is -3.46. The molecule has 208 valence electrons. The molecule has 0 bridgehead atoms. The molecule has 0 unspecified atom stereocenters. The minimum absolute atomic E-state index is 0.0299. The second kappa shape index (κ2) is 12.2. The standard InChI is InChI=1S/C26H28F4N6O2Se/c1-31-24(37)16-6-7-22(38-3)20(13-16)32-9-4-5-17-14-21-23(34-19-8-11-35(2)15-18(19)27)33-10-12-36(21)25(17)39-26(28,29)30/h6-7,10,12-14,18-19,32H,8-9,11,15H2,1-3H3,(H,31,37)(H,33,34)/t18-,19+/m0/s1. The fraction of sp³-hybridized carbons (Fsp3) is 0.385. The maximum atomic E-state index is 14.6. The molecule has 2 aromatic heterocycles. The Bertz CT molecular complexity index is 1400. The number of hydrogen-bond acceptors (Lipinski definition) is 6. The van der Waals surface area contributed by atoms with Crippen molar-refractivity contribution in [2.24, 2.45) is 0 Å². The van der Waals surface area contributed by atoms with Gasteiger partial charge < -0.3 is 0 Å². The third kappa shape index (κ3) is 6.95. The van der Waals surface area contributed by atoms with Crippen LogP contribution in [-0.2, 0) is 0 Å². The Labute approximate surface area is 229 Å². The summed E-state index contributed by atoms with van der Waals surface area (Å²) in [5, 5.41) is 4.30. The minimum atomic E-state index is -4.40. The number of nitrogens with zero attached hydrogens (tertiary/aromatic N) is 3. The van der Waals surface area contributed by atoms with E-state index in [0.717, 1.165) is 0 Å². The van der Waals surface area contributed by atoms with E-state index in [4.69, 9.17) is 4.74 Å². The molecule has 39 heavy (non-hydrogen) atoms. The number of anilines is 2. The normalized spacial score (nSPS) is 17.8. The van der Waals surface area contributed by atoms with Crippen molar-refractivity contribution >= 4 is 42.5 Å². The van der Waals surface area contributed by atoms with E-state index in [1.807, 2.05) is 11.9 Å². The molecule has 8 nitrogen and oxygen atoms in total. The van der Waals surface area contributed by atoms with Crippen LogP contribution in [0.15, 0.2) is 36.7 Å². The van der Waals surface area contributed by atoms with Crippen LogP contribution in [0.2, 0.25) is 0 Å². The number of carbonyl (C=O) groups is 1. The zero-order valence-electron chi connectivity index (χ0n) is 21.5. The SMILES string of the molecule is CNC(=O)c1ccc(OC)c(NCC#Cc2cc3c(N[C@@H]4CCN(C)C[C@@H]4F)nccn3c2[Se]C(F)(F)F)c1. The van der Waals surface area contributed by atoms with Crippen LogP contribution in [0.1, 0.15) is 22.3 Å². The number of methoxy groups -OCH3 is 1. The summed E-state index contributed by atoms with van der Waals surface area (Å²) in [5.41, 5.74) is 1.55. The van der Waals surface area contributed by atoms with Crippen LogP contribution in [0.4, 0.5) is 29.1 Å². The number of alkyl halides is 4. The molecule has 0 aliphatic carbocycles. The van der Waals surface area contributed by atoms with Crippen molar-refractivity contribution in [1.82, 2.24) is 19.6 Å². The monoisotopic (exact) mass is 612 g/mol. The number of piperidine rings is 1. The first kappa shape index (κ1) is 28.5. The Morgan fingerprint density at radius 2 is 2.10 bits per heavy atom. The number of carbonyl (C=O) groups excluding carboxylic acids is 1. The first-order chi connectivity index (χ1) is 18.6. The summed E-state index contributed by atoms with van der Waals surface area (Å²) in [6.45, 7) is 1.05. The Balaban J connectivity index is 1.61. The van der Waals surface area contributed by atoms with E-state index < -0.39 is 32.2 Å². The van der Waals surface area contributed by atoms with Crippen LogP contribution < -0.4 is 25.3 Å². The number of hydrogen-bond donors (Lipinski definition) is 3. The molecular formula is C26H28F4N6O2Se. The van der Waals surface area contributed by atoms with Gasteiger partial charge in [0.1, 0.15) is 0 Å². The van der Waals surface area contributed by atoms with Gasteiger partial charge in [0.15, 0.2) is 0 Å². The molecule has 13 heteroatoms. The van der Waals surface area contributed by atoms with Crippen LogP contribution in [0.5, 0.6) is 5.75 Å². The molecule has 1 amide bonds. The third-order valence-electron chi connectivity index (χ3n) is 6.21. The van der Waals surface area contributed by atoms with Gasteiger partial charge in [0.25, 0.3) is 0 Å². The summed E-state index contributed by atoms with van der Waals surface area (Å²) in [5.74, 6) is 6.25. The second-order valence-electron chi connectivity index (χ2n) is 8.91. The molecule has 3 heterocycles. The van der Waals surface area contributed by atoms with Gasteiger partial charge in [-0.1, -0.05) is 0 Å². The van der Waals surface area contributed by atoms with Gasteiger partial charge in [-0.2, -0.15) is 0 Å². The van der Waals surface area contributed by atoms with Gasteiger partial charge in [-0.3, -0.25) is 0 Å². The summed E-state index contributed by atoms with van der Waals surface area (Å²) in [6.07, 6.45) is 2.27. The van der Waals surface area contributed by atoms with E-state index in [1.54, 1.807) is 24.3 Å². The fourth-order valence-corrected chi connectivity index (χ4v) is 5.76. The predicted octanol–water partition coefficient (Wildman–Crippen LogP) is 2.47. The van der Waals surface area contributed by atoms with Gasteiger partial charge in [-0.05, 0) is 0 Å². The van der Waals surface area contributed by atoms with Gasteiger partial charge in [0.2, 0.25) is 0 Å². The molecule has 0 radical (unpaired) electrons. The first-order valence-corrected chi connectivity index (χ1v) is 13.8. The molecule has 3 N–H and O–H groups in total. The molecule has 1 aromatic carbocycles. The Morgan fingerprint density at radius 1 is 1.31 bits per heavy atom. The zero-order chi connectivity index (χ0) is 28.2. The van der Waals surface area contributed by atoms with Gasteiger partial charge in [0.05, 0.1) is 0 Å². The van der Waals surface area contributed by atoms with Crippen LogP contribution >= 0.6 is 0 Å². The second-order valence-corrected chi connectivity index (χ2v) is 11.1. The zero-order valence-corrected chi connectivity index (χ0v) is 23.2. The predicted molar refractivity (Wildman–Crippen MR) is 143 cm³/mol. The number of halogens is 4. The average molecular weight is 612 g/mol. The summed E-state index contributed by atoms with van der Waals surface area (Å²) in [7, 11) is 4.85. The number of amides is 1. The van der Waals surface area contributed by atoms with Crippen molar-refractivity contribution < 1.29 is 27.1 Å². The summed E-state index contributed by atoms with van der Waals surface area (Å²) >= 11 is -1.88. The van der Waals surface area contributed by atoms with Crippen molar-refractivity contribution in [2.75, 3.05) is 51.5 Å². The van der Waals surface area contributed by atoms with E-state index in [2.05, 4.69) is 32.8 Å². The number of likely N-dealkylation sites (tertiary alicyclic amines) is 1. The number of ether oxygens (including phenoxy) is 1. The third-order valence-corrected chi connectivity index (χ3v) is 7.98. The Kier molecular flexibility index (Phi) is 8.90. The molecule has 2 atom stereocenters. The van der Waals surface area contributed by atoms with E-state index in [9.17, 15) is 22.4 Å². The van der Waals surface area contributed by atoms with Crippen LogP contribution in [-0.4, -0.2) is 93.3 Å². The quantitative estimate of drug-likeness (QED) is 0.217. The molecular weight excluding hydrogens is 583 g/mol. The molecule has 4 rings (SSSR count). The van der Waals surface area contributed by atoms with Crippen molar-refractivity contribution in [2.45, 2.75) is 23.7 Å². The number of fused-ring (bicyclic) bond motifs is 1. The molecule has 1 aliphatic heterocycles. The van der Waals surface area contributed by atoms with Crippen molar-refractivity contribution in [3.05, 3.63) is 47.8 Å². The summed E-state index contributed by atoms with van der Waals surface area (Å²) < 4.78 is 62.0. The van der Waals surface area contributed by atoms with Gasteiger partial charge in [0, 0.05) is 0 Å².